The molecule has 90 valence electrons. The molecule has 0 aliphatic carbocycles. The first-order valence-corrected chi connectivity index (χ1v) is 6.30. The molecule has 1 N–H and O–H groups in total. The van der Waals surface area contributed by atoms with Crippen molar-refractivity contribution < 1.29 is 4.42 Å². The van der Waals surface area contributed by atoms with Crippen molar-refractivity contribution in [1.29, 1.82) is 0 Å². The minimum Gasteiger partial charge on any atom is -0.472 e. The van der Waals surface area contributed by atoms with Gasteiger partial charge in [0.15, 0.2) is 0 Å². The van der Waals surface area contributed by atoms with Crippen molar-refractivity contribution in [2.75, 3.05) is 19.6 Å². The third-order valence-electron chi connectivity index (χ3n) is 3.60. The SMILES string of the molecule is CCN(CC1CCCN1)C(C)c1ccoc1. The van der Waals surface area contributed by atoms with Gasteiger partial charge in [0.1, 0.15) is 0 Å². The van der Waals surface area contributed by atoms with E-state index in [0.717, 1.165) is 13.1 Å². The summed E-state index contributed by atoms with van der Waals surface area (Å²) in [4.78, 5) is 2.51. The molecule has 1 aliphatic rings. The predicted molar refractivity (Wildman–Crippen MR) is 65.4 cm³/mol. The lowest BCUT2D eigenvalue weighted by molar-refractivity contribution is 0.202. The second kappa shape index (κ2) is 5.51. The van der Waals surface area contributed by atoms with Gasteiger partial charge in [0.2, 0.25) is 0 Å². The average Bonchev–Trinajstić information content (AvgIpc) is 2.97. The van der Waals surface area contributed by atoms with Gasteiger partial charge in [0.05, 0.1) is 12.5 Å². The summed E-state index contributed by atoms with van der Waals surface area (Å²) in [5.74, 6) is 0. The van der Waals surface area contributed by atoms with E-state index in [1.54, 1.807) is 6.26 Å². The molecule has 2 rings (SSSR count). The van der Waals surface area contributed by atoms with Gasteiger partial charge in [-0.25, -0.2) is 0 Å². The van der Waals surface area contributed by atoms with E-state index in [1.165, 1.54) is 24.9 Å². The van der Waals surface area contributed by atoms with Crippen LogP contribution in [0.1, 0.15) is 38.3 Å². The summed E-state index contributed by atoms with van der Waals surface area (Å²) >= 11 is 0. The van der Waals surface area contributed by atoms with Crippen LogP contribution in [0.5, 0.6) is 0 Å². The highest BCUT2D eigenvalue weighted by Crippen LogP contribution is 2.21. The zero-order valence-electron chi connectivity index (χ0n) is 10.3. The van der Waals surface area contributed by atoms with Crippen molar-refractivity contribution in [1.82, 2.24) is 10.2 Å². The van der Waals surface area contributed by atoms with Crippen LogP contribution in [0, 0.1) is 0 Å². The van der Waals surface area contributed by atoms with Crippen LogP contribution >= 0.6 is 0 Å². The second-order valence-electron chi connectivity index (χ2n) is 4.61. The van der Waals surface area contributed by atoms with Crippen molar-refractivity contribution in [2.24, 2.45) is 0 Å². The topological polar surface area (TPSA) is 28.4 Å². The van der Waals surface area contributed by atoms with Crippen LogP contribution in [0.3, 0.4) is 0 Å². The molecule has 16 heavy (non-hydrogen) atoms. The standard InChI is InChI=1S/C13H22N2O/c1-3-15(9-13-5-4-7-14-13)11(2)12-6-8-16-10-12/h6,8,10-11,13-14H,3-5,7,9H2,1-2H3. The van der Waals surface area contributed by atoms with Gasteiger partial charge >= 0.3 is 0 Å². The summed E-state index contributed by atoms with van der Waals surface area (Å²) in [6, 6.07) is 3.19. The molecule has 2 heterocycles. The van der Waals surface area contributed by atoms with E-state index < -0.39 is 0 Å². The number of hydrogen-bond acceptors (Lipinski definition) is 3. The first kappa shape index (κ1) is 11.7. The Labute approximate surface area is 97.8 Å². The molecule has 0 spiro atoms. The predicted octanol–water partition coefficient (Wildman–Crippen LogP) is 2.41. The quantitative estimate of drug-likeness (QED) is 0.829. The third-order valence-corrected chi connectivity index (χ3v) is 3.60. The summed E-state index contributed by atoms with van der Waals surface area (Å²) in [6.45, 7) is 7.89. The van der Waals surface area contributed by atoms with Crippen LogP contribution in [0.2, 0.25) is 0 Å². The largest absolute Gasteiger partial charge is 0.472 e. The molecule has 1 aliphatic heterocycles. The van der Waals surface area contributed by atoms with E-state index in [-0.39, 0.29) is 0 Å². The molecule has 3 heteroatoms. The molecule has 2 unspecified atom stereocenters. The van der Waals surface area contributed by atoms with Gasteiger partial charge < -0.3 is 9.73 Å². The van der Waals surface area contributed by atoms with Crippen molar-refractivity contribution >= 4 is 0 Å². The Morgan fingerprint density at radius 3 is 3.06 bits per heavy atom. The highest BCUT2D eigenvalue weighted by atomic mass is 16.3. The Kier molecular flexibility index (Phi) is 4.02. The molecule has 2 atom stereocenters. The fourth-order valence-electron chi connectivity index (χ4n) is 2.48. The molecule has 3 nitrogen and oxygen atoms in total. The summed E-state index contributed by atoms with van der Waals surface area (Å²) in [6.07, 6.45) is 6.25. The van der Waals surface area contributed by atoms with E-state index in [0.29, 0.717) is 12.1 Å². The molecule has 0 bridgehead atoms. The first-order valence-electron chi connectivity index (χ1n) is 6.30. The highest BCUT2D eigenvalue weighted by Gasteiger charge is 2.21. The van der Waals surface area contributed by atoms with Gasteiger partial charge in [0.25, 0.3) is 0 Å². The zero-order chi connectivity index (χ0) is 11.4. The molecule has 0 amide bonds. The zero-order valence-corrected chi connectivity index (χ0v) is 10.3. The Balaban J connectivity index is 1.93. The molecule has 0 aromatic carbocycles. The van der Waals surface area contributed by atoms with E-state index in [9.17, 15) is 0 Å². The molecule has 1 fully saturated rings. The first-order chi connectivity index (χ1) is 7.81. The van der Waals surface area contributed by atoms with Crippen molar-refractivity contribution in [3.8, 4) is 0 Å². The molecule has 1 aromatic heterocycles. The van der Waals surface area contributed by atoms with E-state index in [4.69, 9.17) is 4.42 Å². The lowest BCUT2D eigenvalue weighted by atomic mass is 10.1. The molecular weight excluding hydrogens is 200 g/mol. The van der Waals surface area contributed by atoms with Crippen LogP contribution in [-0.2, 0) is 0 Å². The smallest absolute Gasteiger partial charge is 0.0950 e. The van der Waals surface area contributed by atoms with Gasteiger partial charge in [-0.2, -0.15) is 0 Å². The van der Waals surface area contributed by atoms with Gasteiger partial charge in [-0.05, 0) is 38.9 Å². The highest BCUT2D eigenvalue weighted by molar-refractivity contribution is 5.10. The molecular formula is C13H22N2O. The Bertz CT molecular complexity index is 291. The number of hydrogen-bond donors (Lipinski definition) is 1. The Morgan fingerprint density at radius 1 is 1.62 bits per heavy atom. The minimum absolute atomic E-state index is 0.450. The molecule has 0 saturated carbocycles. The van der Waals surface area contributed by atoms with Crippen molar-refractivity contribution in [2.45, 2.75) is 38.8 Å². The number of rotatable bonds is 5. The normalized spacial score (nSPS) is 22.8. The lowest BCUT2D eigenvalue weighted by Gasteiger charge is -2.29. The number of furan rings is 1. The van der Waals surface area contributed by atoms with Crippen LogP contribution in [-0.4, -0.2) is 30.6 Å². The van der Waals surface area contributed by atoms with E-state index in [1.807, 2.05) is 6.26 Å². The number of nitrogens with zero attached hydrogens (tertiary/aromatic N) is 1. The molecule has 1 saturated heterocycles. The fourth-order valence-corrected chi connectivity index (χ4v) is 2.48. The summed E-state index contributed by atoms with van der Waals surface area (Å²) in [5, 5.41) is 3.56. The van der Waals surface area contributed by atoms with Gasteiger partial charge in [0, 0.05) is 24.2 Å². The average molecular weight is 222 g/mol. The molecule has 1 aromatic rings. The maximum atomic E-state index is 5.16. The fraction of sp³-hybridized carbons (Fsp3) is 0.692. The summed E-state index contributed by atoms with van der Waals surface area (Å²) in [5.41, 5.74) is 1.28. The van der Waals surface area contributed by atoms with Crippen molar-refractivity contribution in [3.63, 3.8) is 0 Å². The molecule has 0 radical (unpaired) electrons. The van der Waals surface area contributed by atoms with Gasteiger partial charge in [-0.1, -0.05) is 6.92 Å². The van der Waals surface area contributed by atoms with Crippen LogP contribution in [0.15, 0.2) is 23.0 Å². The summed E-state index contributed by atoms with van der Waals surface area (Å²) in [7, 11) is 0. The van der Waals surface area contributed by atoms with Gasteiger partial charge in [-0.15, -0.1) is 0 Å². The lowest BCUT2D eigenvalue weighted by Crippen LogP contribution is -2.38. The van der Waals surface area contributed by atoms with Gasteiger partial charge in [-0.3, -0.25) is 4.90 Å². The number of nitrogens with one attached hydrogen (secondary N) is 1. The number of likely N-dealkylation sites (N-methyl/N-ethyl adjacent to an activating group) is 1. The maximum absolute atomic E-state index is 5.16. The van der Waals surface area contributed by atoms with E-state index in [2.05, 4.69) is 30.1 Å². The maximum Gasteiger partial charge on any atom is 0.0950 e. The second-order valence-corrected chi connectivity index (χ2v) is 4.61. The van der Waals surface area contributed by atoms with E-state index >= 15 is 0 Å². The minimum atomic E-state index is 0.450. The monoisotopic (exact) mass is 222 g/mol. The Hall–Kier alpha value is -0.800. The third kappa shape index (κ3) is 2.66. The Morgan fingerprint density at radius 2 is 2.50 bits per heavy atom. The van der Waals surface area contributed by atoms with Crippen LogP contribution in [0.4, 0.5) is 0 Å². The van der Waals surface area contributed by atoms with Crippen molar-refractivity contribution in [3.05, 3.63) is 24.2 Å². The van der Waals surface area contributed by atoms with Crippen LogP contribution in [0.25, 0.3) is 0 Å². The van der Waals surface area contributed by atoms with Crippen LogP contribution < -0.4 is 5.32 Å². The summed E-state index contributed by atoms with van der Waals surface area (Å²) < 4.78 is 5.16.